The Bertz CT molecular complexity index is 737. The summed E-state index contributed by atoms with van der Waals surface area (Å²) in [5.74, 6) is -0.563. The highest BCUT2D eigenvalue weighted by Crippen LogP contribution is 2.53. The molecule has 1 amide bonds. The lowest BCUT2D eigenvalue weighted by Gasteiger charge is -2.29. The molecule has 1 aliphatic carbocycles. The number of hydrogen-bond acceptors (Lipinski definition) is 4. The van der Waals surface area contributed by atoms with Gasteiger partial charge in [0.25, 0.3) is 5.91 Å². The average Bonchev–Trinajstić information content (AvgIpc) is 3.05. The van der Waals surface area contributed by atoms with Gasteiger partial charge in [0.1, 0.15) is 6.10 Å². The number of carbonyl (C=O) groups is 2. The van der Waals surface area contributed by atoms with Crippen LogP contribution in [0.3, 0.4) is 0 Å². The Labute approximate surface area is 152 Å². The molecule has 5 rings (SSSR count). The second-order valence-corrected chi connectivity index (χ2v) is 8.20. The molecule has 3 saturated heterocycles. The van der Waals surface area contributed by atoms with E-state index in [0.29, 0.717) is 45.2 Å². The van der Waals surface area contributed by atoms with Gasteiger partial charge in [0.15, 0.2) is 0 Å². The summed E-state index contributed by atoms with van der Waals surface area (Å²) in [6.45, 7) is 3.04. The second-order valence-electron chi connectivity index (χ2n) is 8.20. The summed E-state index contributed by atoms with van der Waals surface area (Å²) in [6.07, 6.45) is 0.0457. The normalized spacial score (nSPS) is 40.8. The number of likely N-dealkylation sites (tertiary alicyclic amines) is 1. The van der Waals surface area contributed by atoms with Crippen LogP contribution in [-0.4, -0.2) is 60.9 Å². The lowest BCUT2D eigenvalue weighted by molar-refractivity contribution is -0.146. The maximum atomic E-state index is 13.1. The minimum absolute atomic E-state index is 0.0178. The van der Waals surface area contributed by atoms with Crippen molar-refractivity contribution in [2.75, 3.05) is 32.9 Å². The van der Waals surface area contributed by atoms with Crippen LogP contribution in [0.2, 0.25) is 0 Å². The molecule has 1 saturated carbocycles. The van der Waals surface area contributed by atoms with Crippen LogP contribution in [0.1, 0.15) is 12.0 Å². The Balaban J connectivity index is 1.31. The first-order valence-electron chi connectivity index (χ1n) is 9.36. The fourth-order valence-corrected chi connectivity index (χ4v) is 5.36. The molecule has 3 heterocycles. The maximum absolute atomic E-state index is 13.1. The van der Waals surface area contributed by atoms with Gasteiger partial charge in [0.05, 0.1) is 25.7 Å². The van der Waals surface area contributed by atoms with E-state index < -0.39 is 12.1 Å². The molecule has 26 heavy (non-hydrogen) atoms. The van der Waals surface area contributed by atoms with Gasteiger partial charge in [-0.3, -0.25) is 9.59 Å². The number of nitrogens with zero attached hydrogens (tertiary/aromatic N) is 1. The number of carboxylic acids is 1. The van der Waals surface area contributed by atoms with Crippen LogP contribution in [0.5, 0.6) is 0 Å². The molecule has 0 aromatic heterocycles. The molecule has 0 unspecified atom stereocenters. The van der Waals surface area contributed by atoms with E-state index in [2.05, 4.69) is 12.1 Å². The van der Waals surface area contributed by atoms with E-state index in [1.807, 2.05) is 23.1 Å². The number of rotatable bonds is 3. The highest BCUT2D eigenvalue weighted by molar-refractivity contribution is 5.82. The molecule has 4 aliphatic rings. The van der Waals surface area contributed by atoms with Gasteiger partial charge >= 0.3 is 5.97 Å². The van der Waals surface area contributed by atoms with Crippen molar-refractivity contribution >= 4 is 11.9 Å². The van der Waals surface area contributed by atoms with Crippen molar-refractivity contribution in [2.45, 2.75) is 17.9 Å². The van der Waals surface area contributed by atoms with Gasteiger partial charge in [-0.1, -0.05) is 30.3 Å². The number of aliphatic carboxylic acids is 1. The summed E-state index contributed by atoms with van der Waals surface area (Å²) in [5, 5.41) is 9.22. The summed E-state index contributed by atoms with van der Waals surface area (Å²) in [7, 11) is 0. The molecule has 3 aliphatic heterocycles. The lowest BCUT2D eigenvalue weighted by atomic mass is 9.75. The first kappa shape index (κ1) is 16.3. The van der Waals surface area contributed by atoms with E-state index in [0.717, 1.165) is 0 Å². The average molecular weight is 357 g/mol. The molecule has 138 valence electrons. The van der Waals surface area contributed by atoms with Crippen LogP contribution in [0.25, 0.3) is 0 Å². The zero-order chi connectivity index (χ0) is 17.9. The summed E-state index contributed by atoms with van der Waals surface area (Å²) >= 11 is 0. The Kier molecular flexibility index (Phi) is 3.62. The van der Waals surface area contributed by atoms with Crippen LogP contribution in [0.4, 0.5) is 0 Å². The zero-order valence-electron chi connectivity index (χ0n) is 14.5. The maximum Gasteiger partial charge on any atom is 0.307 e. The minimum atomic E-state index is -0.757. The number of carbonyl (C=O) groups excluding carboxylic acids is 1. The van der Waals surface area contributed by atoms with Gasteiger partial charge < -0.3 is 19.5 Å². The Morgan fingerprint density at radius 2 is 1.96 bits per heavy atom. The van der Waals surface area contributed by atoms with Crippen molar-refractivity contribution in [2.24, 2.45) is 23.7 Å². The van der Waals surface area contributed by atoms with Gasteiger partial charge in [-0.25, -0.2) is 0 Å². The first-order chi connectivity index (χ1) is 12.6. The van der Waals surface area contributed by atoms with Gasteiger partial charge in [0.2, 0.25) is 0 Å². The standard InChI is InChI=1S/C20H23NO5/c22-18(16-6-14-15(9-26-16)17(14)19(23)24)21-7-13-8-25-11-20(13,10-21)12-4-2-1-3-5-12/h1-5,13-17H,6-11H2,(H,23,24)/t13-,14+,15-,16+,17+,20+/m1/s1. The van der Waals surface area contributed by atoms with E-state index in [9.17, 15) is 14.7 Å². The highest BCUT2D eigenvalue weighted by atomic mass is 16.5. The van der Waals surface area contributed by atoms with Gasteiger partial charge in [-0.05, 0) is 23.8 Å². The summed E-state index contributed by atoms with van der Waals surface area (Å²) in [4.78, 5) is 26.2. The molecule has 4 fully saturated rings. The third-order valence-corrected chi connectivity index (χ3v) is 6.90. The van der Waals surface area contributed by atoms with Gasteiger partial charge in [0, 0.05) is 24.4 Å². The SMILES string of the molecule is O=C(O)[C@@H]1[C@@H]2CO[C@H](C(=O)N3C[C@@H]4COC[C@]4(c4ccccc4)C3)C[C@@H]21. The van der Waals surface area contributed by atoms with E-state index in [1.54, 1.807) is 0 Å². The van der Waals surface area contributed by atoms with Crippen molar-refractivity contribution in [3.05, 3.63) is 35.9 Å². The van der Waals surface area contributed by atoms with Gasteiger partial charge in [-0.15, -0.1) is 0 Å². The number of carboxylic acid groups (broad SMARTS) is 1. The van der Waals surface area contributed by atoms with E-state index >= 15 is 0 Å². The monoisotopic (exact) mass is 357 g/mol. The number of ether oxygens (including phenoxy) is 2. The predicted molar refractivity (Wildman–Crippen MR) is 91.5 cm³/mol. The first-order valence-corrected chi connectivity index (χ1v) is 9.36. The lowest BCUT2D eigenvalue weighted by Crippen LogP contribution is -2.43. The van der Waals surface area contributed by atoms with E-state index in [-0.39, 0.29) is 29.1 Å². The van der Waals surface area contributed by atoms with Crippen LogP contribution in [0.15, 0.2) is 30.3 Å². The molecule has 1 aromatic rings. The predicted octanol–water partition coefficient (Wildman–Crippen LogP) is 1.15. The summed E-state index contributed by atoms with van der Waals surface area (Å²) < 4.78 is 11.5. The molecular weight excluding hydrogens is 334 g/mol. The fourth-order valence-electron chi connectivity index (χ4n) is 5.36. The molecular formula is C20H23NO5. The van der Waals surface area contributed by atoms with Crippen molar-refractivity contribution in [3.8, 4) is 0 Å². The van der Waals surface area contributed by atoms with Crippen molar-refractivity contribution in [1.29, 1.82) is 0 Å². The van der Waals surface area contributed by atoms with Crippen molar-refractivity contribution < 1.29 is 24.2 Å². The van der Waals surface area contributed by atoms with Crippen LogP contribution < -0.4 is 0 Å². The molecule has 0 bridgehead atoms. The molecule has 0 radical (unpaired) electrons. The molecule has 6 heteroatoms. The minimum Gasteiger partial charge on any atom is -0.481 e. The van der Waals surface area contributed by atoms with Crippen molar-refractivity contribution in [1.82, 2.24) is 4.90 Å². The number of hydrogen-bond donors (Lipinski definition) is 1. The Morgan fingerprint density at radius 1 is 1.15 bits per heavy atom. The van der Waals surface area contributed by atoms with Crippen LogP contribution in [-0.2, 0) is 24.5 Å². The van der Waals surface area contributed by atoms with E-state index in [4.69, 9.17) is 9.47 Å². The second kappa shape index (κ2) is 5.79. The number of amides is 1. The largest absolute Gasteiger partial charge is 0.481 e. The highest BCUT2D eigenvalue weighted by Gasteiger charge is 2.60. The smallest absolute Gasteiger partial charge is 0.307 e. The van der Waals surface area contributed by atoms with Crippen LogP contribution >= 0.6 is 0 Å². The van der Waals surface area contributed by atoms with Crippen LogP contribution in [0, 0.1) is 23.7 Å². The molecule has 1 aromatic carbocycles. The molecule has 6 atom stereocenters. The summed E-state index contributed by atoms with van der Waals surface area (Å²) in [6, 6.07) is 10.3. The topological polar surface area (TPSA) is 76.1 Å². The van der Waals surface area contributed by atoms with Crippen molar-refractivity contribution in [3.63, 3.8) is 0 Å². The fraction of sp³-hybridized carbons (Fsp3) is 0.600. The van der Waals surface area contributed by atoms with E-state index in [1.165, 1.54) is 5.56 Å². The quantitative estimate of drug-likeness (QED) is 0.878. The number of benzene rings is 1. The van der Waals surface area contributed by atoms with Gasteiger partial charge in [-0.2, -0.15) is 0 Å². The zero-order valence-corrected chi connectivity index (χ0v) is 14.5. The molecule has 6 nitrogen and oxygen atoms in total. The third kappa shape index (κ3) is 2.32. The Morgan fingerprint density at radius 3 is 2.73 bits per heavy atom. The molecule has 0 spiro atoms. The number of fused-ring (bicyclic) bond motifs is 2. The third-order valence-electron chi connectivity index (χ3n) is 6.90. The molecule has 1 N–H and O–H groups in total. The Hall–Kier alpha value is -1.92. The summed E-state index contributed by atoms with van der Waals surface area (Å²) in [5.41, 5.74) is 1.10.